The van der Waals surface area contributed by atoms with Crippen molar-refractivity contribution in [2.75, 3.05) is 0 Å². The van der Waals surface area contributed by atoms with E-state index in [0.717, 1.165) is 4.90 Å². The Balaban J connectivity index is 2.18. The van der Waals surface area contributed by atoms with Crippen LogP contribution in [0.5, 0.6) is 0 Å². The number of likely N-dealkylation sites (tertiary alicyclic amines) is 1. The molecule has 0 aromatic carbocycles. The number of hydrogen-bond acceptors (Lipinski definition) is 3. The molecule has 0 radical (unpaired) electrons. The van der Waals surface area contributed by atoms with Crippen LogP contribution in [0.1, 0.15) is 33.6 Å². The first-order valence-corrected chi connectivity index (χ1v) is 6.15. The summed E-state index contributed by atoms with van der Waals surface area (Å²) in [5.74, 6) is -5.22. The molecule has 0 aromatic rings. The lowest BCUT2D eigenvalue weighted by Gasteiger charge is -2.43. The van der Waals surface area contributed by atoms with Crippen LogP contribution < -0.4 is 0 Å². The Bertz CT molecular complexity index is 418. The zero-order valence-electron chi connectivity index (χ0n) is 11.0. The van der Waals surface area contributed by atoms with E-state index < -0.39 is 48.0 Å². The van der Waals surface area contributed by atoms with Crippen molar-refractivity contribution in [2.24, 2.45) is 5.92 Å². The van der Waals surface area contributed by atoms with Gasteiger partial charge < -0.3 is 9.84 Å². The van der Waals surface area contributed by atoms with E-state index in [4.69, 9.17) is 9.84 Å². The lowest BCUT2D eigenvalue weighted by Crippen LogP contribution is -2.57. The molecule has 5 nitrogen and oxygen atoms in total. The van der Waals surface area contributed by atoms with E-state index in [1.165, 1.54) is 0 Å². The molecule has 0 bridgehead atoms. The number of amides is 1. The normalized spacial score (nSPS) is 32.5. The molecule has 0 unspecified atom stereocenters. The maximum atomic E-state index is 13.3. The number of fused-ring (bicyclic) bond motifs is 1. The van der Waals surface area contributed by atoms with Crippen molar-refractivity contribution in [3.05, 3.63) is 0 Å². The minimum absolute atomic E-state index is 0.216. The molecule has 2 aliphatic rings. The van der Waals surface area contributed by atoms with Crippen LogP contribution in [0, 0.1) is 5.92 Å². The molecule has 1 saturated carbocycles. The summed E-state index contributed by atoms with van der Waals surface area (Å²) in [5, 5.41) is 9.07. The molecular weight excluding hydrogens is 260 g/mol. The van der Waals surface area contributed by atoms with Crippen LogP contribution >= 0.6 is 0 Å². The number of hydrogen-bond donors (Lipinski definition) is 1. The first-order chi connectivity index (χ1) is 8.53. The summed E-state index contributed by atoms with van der Waals surface area (Å²) in [6.07, 6.45) is -1.53. The highest BCUT2D eigenvalue weighted by molar-refractivity contribution is 5.81. The number of nitrogens with zero attached hydrogens (tertiary/aromatic N) is 1. The Labute approximate surface area is 109 Å². The second-order valence-electron chi connectivity index (χ2n) is 6.12. The fourth-order valence-corrected chi connectivity index (χ4v) is 2.70. The average molecular weight is 277 g/mol. The molecule has 1 amide bonds. The van der Waals surface area contributed by atoms with Gasteiger partial charge in [0.05, 0.1) is 6.04 Å². The summed E-state index contributed by atoms with van der Waals surface area (Å²) in [6, 6.07) is -1.95. The van der Waals surface area contributed by atoms with Crippen LogP contribution in [-0.2, 0) is 9.53 Å². The molecular formula is C12H17F2NO4. The molecule has 19 heavy (non-hydrogen) atoms. The van der Waals surface area contributed by atoms with Gasteiger partial charge in [0.15, 0.2) is 0 Å². The molecule has 1 N–H and O–H groups in total. The Morgan fingerprint density at radius 2 is 1.95 bits per heavy atom. The molecule has 0 aromatic heterocycles. The third-order valence-electron chi connectivity index (χ3n) is 3.55. The summed E-state index contributed by atoms with van der Waals surface area (Å²) in [5.41, 5.74) is -0.787. The van der Waals surface area contributed by atoms with Crippen LogP contribution in [0.15, 0.2) is 0 Å². The van der Waals surface area contributed by atoms with Gasteiger partial charge in [-0.05, 0) is 27.2 Å². The van der Waals surface area contributed by atoms with Crippen molar-refractivity contribution in [2.45, 2.75) is 57.2 Å². The van der Waals surface area contributed by atoms with Gasteiger partial charge in [0.25, 0.3) is 5.92 Å². The van der Waals surface area contributed by atoms with E-state index in [0.29, 0.717) is 0 Å². The summed E-state index contributed by atoms with van der Waals surface area (Å²) in [6.45, 7) is 4.93. The van der Waals surface area contributed by atoms with Crippen molar-refractivity contribution in [1.29, 1.82) is 0 Å². The molecule has 108 valence electrons. The van der Waals surface area contributed by atoms with Gasteiger partial charge in [0.2, 0.25) is 0 Å². The highest BCUT2D eigenvalue weighted by Crippen LogP contribution is 2.54. The zero-order valence-corrected chi connectivity index (χ0v) is 11.0. The van der Waals surface area contributed by atoms with E-state index >= 15 is 0 Å². The molecule has 1 heterocycles. The molecule has 7 heteroatoms. The Morgan fingerprint density at radius 3 is 2.37 bits per heavy atom. The molecule has 0 spiro atoms. The SMILES string of the molecule is CC(C)(C)OC(=O)N1[C@@H](C(=O)O)C[C@@H]2[C@H]1CC2(F)F. The fourth-order valence-electron chi connectivity index (χ4n) is 2.70. The number of aliphatic carboxylic acids is 1. The van der Waals surface area contributed by atoms with Crippen LogP contribution in [0.2, 0.25) is 0 Å². The monoisotopic (exact) mass is 277 g/mol. The second-order valence-corrected chi connectivity index (χ2v) is 6.12. The van der Waals surface area contributed by atoms with E-state index in [1.807, 2.05) is 0 Å². The number of alkyl halides is 2. The summed E-state index contributed by atoms with van der Waals surface area (Å²) in [7, 11) is 0. The van der Waals surface area contributed by atoms with E-state index in [1.54, 1.807) is 20.8 Å². The van der Waals surface area contributed by atoms with Crippen molar-refractivity contribution in [3.63, 3.8) is 0 Å². The lowest BCUT2D eigenvalue weighted by atomic mass is 9.76. The summed E-state index contributed by atoms with van der Waals surface area (Å²) < 4.78 is 31.8. The van der Waals surface area contributed by atoms with Crippen LogP contribution in [0.4, 0.5) is 13.6 Å². The summed E-state index contributed by atoms with van der Waals surface area (Å²) >= 11 is 0. The second kappa shape index (κ2) is 4.05. The fraction of sp³-hybridized carbons (Fsp3) is 0.833. The number of rotatable bonds is 1. The predicted octanol–water partition coefficient (Wildman–Crippen LogP) is 2.10. The third-order valence-corrected chi connectivity index (χ3v) is 3.55. The van der Waals surface area contributed by atoms with Gasteiger partial charge in [-0.25, -0.2) is 18.4 Å². The van der Waals surface area contributed by atoms with Crippen molar-refractivity contribution < 1.29 is 28.2 Å². The number of halogens is 2. The summed E-state index contributed by atoms with van der Waals surface area (Å²) in [4.78, 5) is 24.1. The largest absolute Gasteiger partial charge is 0.480 e. The maximum Gasteiger partial charge on any atom is 0.411 e. The predicted molar refractivity (Wildman–Crippen MR) is 61.0 cm³/mol. The Morgan fingerprint density at radius 1 is 1.37 bits per heavy atom. The van der Waals surface area contributed by atoms with E-state index in [9.17, 15) is 18.4 Å². The first-order valence-electron chi connectivity index (χ1n) is 6.15. The molecule has 1 aliphatic carbocycles. The minimum Gasteiger partial charge on any atom is -0.480 e. The van der Waals surface area contributed by atoms with E-state index in [-0.39, 0.29) is 6.42 Å². The maximum absolute atomic E-state index is 13.3. The zero-order chi connectivity index (χ0) is 14.6. The van der Waals surface area contributed by atoms with Gasteiger partial charge in [-0.3, -0.25) is 4.90 Å². The molecule has 2 rings (SSSR count). The van der Waals surface area contributed by atoms with Crippen LogP contribution in [0.3, 0.4) is 0 Å². The van der Waals surface area contributed by atoms with Crippen molar-refractivity contribution >= 4 is 12.1 Å². The topological polar surface area (TPSA) is 66.8 Å². The Kier molecular flexibility index (Phi) is 2.98. The van der Waals surface area contributed by atoms with Crippen LogP contribution in [-0.4, -0.2) is 45.7 Å². The number of carbonyl (C=O) groups is 2. The standard InChI is InChI=1S/C12H17F2NO4/c1-11(2,3)19-10(18)15-7(9(16)17)4-6-8(15)5-12(6,13)14/h6-8H,4-5H2,1-3H3,(H,16,17)/t6-,7-,8-/m1/s1. The quantitative estimate of drug-likeness (QED) is 0.797. The number of carbonyl (C=O) groups excluding carboxylic acids is 1. The smallest absolute Gasteiger partial charge is 0.411 e. The lowest BCUT2D eigenvalue weighted by molar-refractivity contribution is -0.157. The van der Waals surface area contributed by atoms with Gasteiger partial charge in [-0.2, -0.15) is 0 Å². The number of carboxylic acid groups (broad SMARTS) is 1. The van der Waals surface area contributed by atoms with E-state index in [2.05, 4.69) is 0 Å². The first kappa shape index (κ1) is 14.0. The molecule has 1 aliphatic heterocycles. The molecule has 2 fully saturated rings. The molecule has 1 saturated heterocycles. The number of ether oxygens (including phenoxy) is 1. The molecule has 3 atom stereocenters. The Hall–Kier alpha value is -1.40. The van der Waals surface area contributed by atoms with Gasteiger partial charge in [0, 0.05) is 12.3 Å². The van der Waals surface area contributed by atoms with Crippen molar-refractivity contribution in [1.82, 2.24) is 4.90 Å². The van der Waals surface area contributed by atoms with Gasteiger partial charge in [-0.15, -0.1) is 0 Å². The van der Waals surface area contributed by atoms with Gasteiger partial charge in [-0.1, -0.05) is 0 Å². The van der Waals surface area contributed by atoms with Gasteiger partial charge in [0.1, 0.15) is 11.6 Å². The highest BCUT2D eigenvalue weighted by atomic mass is 19.3. The minimum atomic E-state index is -2.88. The van der Waals surface area contributed by atoms with Gasteiger partial charge >= 0.3 is 12.1 Å². The number of carboxylic acids is 1. The van der Waals surface area contributed by atoms with Crippen LogP contribution in [0.25, 0.3) is 0 Å². The average Bonchev–Trinajstić information content (AvgIpc) is 2.50. The van der Waals surface area contributed by atoms with Crippen molar-refractivity contribution in [3.8, 4) is 0 Å². The highest BCUT2D eigenvalue weighted by Gasteiger charge is 2.66. The third kappa shape index (κ3) is 2.37.